The van der Waals surface area contributed by atoms with E-state index in [1.807, 2.05) is 30.3 Å². The van der Waals surface area contributed by atoms with Gasteiger partial charge in [-0.1, -0.05) is 48.0 Å². The van der Waals surface area contributed by atoms with Crippen molar-refractivity contribution in [3.63, 3.8) is 0 Å². The lowest BCUT2D eigenvalue weighted by atomic mass is 10.2. The minimum atomic E-state index is -0.463. The molecule has 0 aliphatic carbocycles. The maximum atomic E-state index is 11.6. The number of carbonyl (C=O) groups is 1. The third-order valence-electron chi connectivity index (χ3n) is 2.52. The summed E-state index contributed by atoms with van der Waals surface area (Å²) in [5, 5.41) is 14.9. The van der Waals surface area contributed by atoms with E-state index in [1.54, 1.807) is 18.2 Å². The number of phenolic OH excluding ortho intramolecular Hbond substituents is 1. The first-order valence-corrected chi connectivity index (χ1v) is 6.31. The Morgan fingerprint density at radius 2 is 1.85 bits per heavy atom. The molecular weight excluding hydrogens is 276 g/mol. The van der Waals surface area contributed by atoms with E-state index >= 15 is 0 Å². The minimum Gasteiger partial charge on any atom is -0.504 e. The van der Waals surface area contributed by atoms with E-state index in [4.69, 9.17) is 11.6 Å². The van der Waals surface area contributed by atoms with E-state index in [9.17, 15) is 9.90 Å². The predicted octanol–water partition coefficient (Wildman–Crippen LogP) is 3.84. The minimum absolute atomic E-state index is 0.156. The third-order valence-corrected chi connectivity index (χ3v) is 2.83. The molecule has 0 aliphatic rings. The van der Waals surface area contributed by atoms with Crippen molar-refractivity contribution in [3.05, 3.63) is 65.3 Å². The molecule has 0 aromatic heterocycles. The molecule has 0 aliphatic heterocycles. The van der Waals surface area contributed by atoms with Crippen molar-refractivity contribution < 1.29 is 9.90 Å². The van der Waals surface area contributed by atoms with Crippen LogP contribution in [0, 0.1) is 0 Å². The van der Waals surface area contributed by atoms with Gasteiger partial charge < -0.3 is 15.7 Å². The Balaban J connectivity index is 1.93. The highest BCUT2D eigenvalue weighted by Crippen LogP contribution is 2.30. The van der Waals surface area contributed by atoms with Gasteiger partial charge in [0.15, 0.2) is 5.75 Å². The summed E-state index contributed by atoms with van der Waals surface area (Å²) in [7, 11) is 0. The van der Waals surface area contributed by atoms with Crippen LogP contribution in [0.4, 0.5) is 10.5 Å². The lowest BCUT2D eigenvalue weighted by Gasteiger charge is -2.07. The van der Waals surface area contributed by atoms with Crippen molar-refractivity contribution in [1.82, 2.24) is 5.32 Å². The summed E-state index contributed by atoms with van der Waals surface area (Å²) >= 11 is 5.75. The molecule has 2 rings (SSSR count). The third kappa shape index (κ3) is 3.76. The van der Waals surface area contributed by atoms with E-state index < -0.39 is 6.03 Å². The molecule has 0 spiro atoms. The molecule has 2 amide bonds. The first-order valence-electron chi connectivity index (χ1n) is 5.93. The summed E-state index contributed by atoms with van der Waals surface area (Å²) in [5.41, 5.74) is 1.22. The Kier molecular flexibility index (Phi) is 4.63. The van der Waals surface area contributed by atoms with Gasteiger partial charge >= 0.3 is 6.03 Å². The largest absolute Gasteiger partial charge is 0.504 e. The molecule has 102 valence electrons. The number of nitrogens with one attached hydrogen (secondary N) is 2. The lowest BCUT2D eigenvalue weighted by Crippen LogP contribution is -2.23. The highest BCUT2D eigenvalue weighted by atomic mass is 35.5. The van der Waals surface area contributed by atoms with Crippen LogP contribution in [0.2, 0.25) is 5.02 Å². The number of carbonyl (C=O) groups excluding carboxylic acids is 1. The van der Waals surface area contributed by atoms with Crippen LogP contribution in [0.5, 0.6) is 5.75 Å². The zero-order valence-corrected chi connectivity index (χ0v) is 11.3. The smallest absolute Gasteiger partial charge is 0.323 e. The number of anilines is 1. The van der Waals surface area contributed by atoms with Crippen molar-refractivity contribution in [2.75, 3.05) is 5.32 Å². The zero-order valence-electron chi connectivity index (χ0n) is 10.5. The molecule has 0 saturated carbocycles. The standard InChI is InChI=1S/C15H13ClN2O2/c16-12-7-4-8-13(14(12)19)18-15(20)17-10-9-11-5-2-1-3-6-11/h1-10,19H,(H2,17,18,20). The molecule has 2 aromatic rings. The predicted molar refractivity (Wildman–Crippen MR) is 80.7 cm³/mol. The highest BCUT2D eigenvalue weighted by Gasteiger charge is 2.07. The Morgan fingerprint density at radius 1 is 1.10 bits per heavy atom. The molecule has 0 unspecified atom stereocenters. The Bertz CT molecular complexity index is 627. The first kappa shape index (κ1) is 14.0. The fourth-order valence-corrected chi connectivity index (χ4v) is 1.73. The fourth-order valence-electron chi connectivity index (χ4n) is 1.55. The van der Waals surface area contributed by atoms with E-state index in [-0.39, 0.29) is 16.5 Å². The topological polar surface area (TPSA) is 61.4 Å². The van der Waals surface area contributed by atoms with Crippen molar-refractivity contribution in [2.24, 2.45) is 0 Å². The second-order valence-corrected chi connectivity index (χ2v) is 4.39. The molecule has 0 saturated heterocycles. The number of phenols is 1. The number of benzene rings is 2. The molecule has 4 nitrogen and oxygen atoms in total. The molecule has 5 heteroatoms. The number of para-hydroxylation sites is 1. The quantitative estimate of drug-likeness (QED) is 0.752. The molecule has 0 bridgehead atoms. The molecule has 0 radical (unpaired) electrons. The van der Waals surface area contributed by atoms with Crippen molar-refractivity contribution in [2.45, 2.75) is 0 Å². The molecular formula is C15H13ClN2O2. The summed E-state index contributed by atoms with van der Waals surface area (Å²) < 4.78 is 0. The van der Waals surface area contributed by atoms with Crippen LogP contribution in [0.1, 0.15) is 5.56 Å². The number of urea groups is 1. The average Bonchev–Trinajstić information content (AvgIpc) is 2.45. The maximum Gasteiger partial charge on any atom is 0.323 e. The normalized spacial score (nSPS) is 10.4. The van der Waals surface area contributed by atoms with Crippen molar-refractivity contribution in [3.8, 4) is 5.75 Å². The molecule has 0 atom stereocenters. The van der Waals surface area contributed by atoms with Crippen LogP contribution in [0.15, 0.2) is 54.7 Å². The van der Waals surface area contributed by atoms with Gasteiger partial charge in [-0.15, -0.1) is 0 Å². The molecule has 20 heavy (non-hydrogen) atoms. The molecule has 0 fully saturated rings. The molecule has 2 aromatic carbocycles. The van der Waals surface area contributed by atoms with Crippen molar-refractivity contribution >= 4 is 29.4 Å². The van der Waals surface area contributed by atoms with Crippen LogP contribution >= 0.6 is 11.6 Å². The van der Waals surface area contributed by atoms with Gasteiger partial charge in [-0.25, -0.2) is 4.79 Å². The van der Waals surface area contributed by atoms with E-state index in [0.717, 1.165) is 5.56 Å². The van der Waals surface area contributed by atoms with Gasteiger partial charge in [0.25, 0.3) is 0 Å². The Hall–Kier alpha value is -2.46. The SMILES string of the molecule is O=C(NC=Cc1ccccc1)Nc1cccc(Cl)c1O. The van der Waals surface area contributed by atoms with Gasteiger partial charge in [-0.2, -0.15) is 0 Å². The number of amides is 2. The van der Waals surface area contributed by atoms with Gasteiger partial charge in [-0.05, 0) is 23.8 Å². The Morgan fingerprint density at radius 3 is 2.60 bits per heavy atom. The van der Waals surface area contributed by atoms with E-state index in [0.29, 0.717) is 0 Å². The highest BCUT2D eigenvalue weighted by molar-refractivity contribution is 6.32. The number of aromatic hydroxyl groups is 1. The summed E-state index contributed by atoms with van der Waals surface area (Å²) in [5.74, 6) is -0.156. The maximum absolute atomic E-state index is 11.6. The lowest BCUT2D eigenvalue weighted by molar-refractivity contribution is 0.255. The number of rotatable bonds is 3. The molecule has 3 N–H and O–H groups in total. The number of hydrogen-bond acceptors (Lipinski definition) is 2. The summed E-state index contributed by atoms with van der Waals surface area (Å²) in [6.07, 6.45) is 3.28. The molecule has 0 heterocycles. The van der Waals surface area contributed by atoms with Crippen LogP contribution in [0.25, 0.3) is 6.08 Å². The Labute approximate surface area is 121 Å². The number of hydrogen-bond donors (Lipinski definition) is 3. The fraction of sp³-hybridized carbons (Fsp3) is 0. The van der Waals surface area contributed by atoms with Crippen LogP contribution in [-0.4, -0.2) is 11.1 Å². The monoisotopic (exact) mass is 288 g/mol. The van der Waals surface area contributed by atoms with E-state index in [1.165, 1.54) is 12.3 Å². The second kappa shape index (κ2) is 6.63. The second-order valence-electron chi connectivity index (χ2n) is 3.98. The van der Waals surface area contributed by atoms with Gasteiger partial charge in [-0.3, -0.25) is 0 Å². The summed E-state index contributed by atoms with van der Waals surface area (Å²) in [6.45, 7) is 0. The van der Waals surface area contributed by atoms with Crippen molar-refractivity contribution in [1.29, 1.82) is 0 Å². The van der Waals surface area contributed by atoms with Gasteiger partial charge in [0, 0.05) is 6.20 Å². The first-order chi connectivity index (χ1) is 9.66. The van der Waals surface area contributed by atoms with Crippen LogP contribution < -0.4 is 10.6 Å². The van der Waals surface area contributed by atoms with Crippen LogP contribution in [-0.2, 0) is 0 Å². The van der Waals surface area contributed by atoms with Gasteiger partial charge in [0.1, 0.15) is 0 Å². The number of halogens is 1. The van der Waals surface area contributed by atoms with E-state index in [2.05, 4.69) is 10.6 Å². The van der Waals surface area contributed by atoms with Gasteiger partial charge in [0.05, 0.1) is 10.7 Å². The van der Waals surface area contributed by atoms with Crippen LogP contribution in [0.3, 0.4) is 0 Å². The summed E-state index contributed by atoms with van der Waals surface area (Å²) in [4.78, 5) is 11.6. The zero-order chi connectivity index (χ0) is 14.4. The average molecular weight is 289 g/mol. The summed E-state index contributed by atoms with van der Waals surface area (Å²) in [6, 6.07) is 13.8. The van der Waals surface area contributed by atoms with Gasteiger partial charge in [0.2, 0.25) is 0 Å².